The number of hydrogen-bond acceptors (Lipinski definition) is 6. The summed E-state index contributed by atoms with van der Waals surface area (Å²) in [5.74, 6) is 0.431. The average Bonchev–Trinajstić information content (AvgIpc) is 3.99. The molecule has 1 saturated heterocycles. The maximum atomic E-state index is 14.5. The van der Waals surface area contributed by atoms with Gasteiger partial charge in [0, 0.05) is 87.7 Å². The van der Waals surface area contributed by atoms with E-state index in [-0.39, 0.29) is 30.0 Å². The fourth-order valence-corrected chi connectivity index (χ4v) is 10.1. The Morgan fingerprint density at radius 3 is 2.34 bits per heavy atom. The molecule has 3 aliphatic rings. The molecule has 0 saturated carbocycles. The van der Waals surface area contributed by atoms with Crippen LogP contribution in [0.5, 0.6) is 0 Å². The van der Waals surface area contributed by atoms with Crippen LogP contribution in [0.3, 0.4) is 0 Å². The van der Waals surface area contributed by atoms with Crippen molar-refractivity contribution < 1.29 is 24.2 Å². The number of carbonyl (C=O) groups excluding carboxylic acids is 2. The lowest BCUT2D eigenvalue weighted by Gasteiger charge is -2.23. The number of aromatic amines is 3. The van der Waals surface area contributed by atoms with Crippen molar-refractivity contribution in [2.45, 2.75) is 140 Å². The van der Waals surface area contributed by atoms with E-state index in [4.69, 9.17) is 9.47 Å². The fourth-order valence-electron chi connectivity index (χ4n) is 10.1. The van der Waals surface area contributed by atoms with Crippen molar-refractivity contribution in [3.8, 4) is 0 Å². The summed E-state index contributed by atoms with van der Waals surface area (Å²) in [6.45, 7) is 26.3. The number of nitrogens with one attached hydrogen (secondary N) is 4. The summed E-state index contributed by atoms with van der Waals surface area (Å²) >= 11 is 0. The standard InChI is InChI=1S/C55H76N4O5/c1-13-39-35(8)42-28-44-37(10)41(24-25-48(60)64-27-26-34(7)23-17-22-33(6)21-16-20-32(5)19-15-18-31(3)4)52(58-44)50-51(55(62)63-12)54(61)49-38(11)45(59-53(49)50)30-47-40(14-2)36(9)43(57-47)29-46(39)56-42/h13,15,18,23,28-33,37,41,51,55-59,62H,1,14,16-17,19-22,24-27H2,2-12H3/b18-15-,34-23+,43-29-,44-28-,47-30-,52-50-/t32-,33-,37+,41+,51-,55?/m1/s1. The van der Waals surface area contributed by atoms with E-state index in [9.17, 15) is 14.7 Å². The van der Waals surface area contributed by atoms with Gasteiger partial charge in [-0.25, -0.2) is 0 Å². The molecular formula is C55H76N4O5. The Kier molecular flexibility index (Phi) is 16.3. The van der Waals surface area contributed by atoms with Gasteiger partial charge in [0.1, 0.15) is 5.92 Å². The molecule has 1 aliphatic carbocycles. The maximum absolute atomic E-state index is 14.5. The summed E-state index contributed by atoms with van der Waals surface area (Å²) in [4.78, 5) is 38.9. The number of ether oxygens (including phenoxy) is 2. The van der Waals surface area contributed by atoms with Crippen molar-refractivity contribution in [1.82, 2.24) is 20.3 Å². The van der Waals surface area contributed by atoms with Crippen molar-refractivity contribution in [2.24, 2.45) is 35.5 Å². The molecular weight excluding hydrogens is 797 g/mol. The van der Waals surface area contributed by atoms with Crippen LogP contribution < -0.4 is 16.0 Å². The summed E-state index contributed by atoms with van der Waals surface area (Å²) in [6, 6.07) is 0. The van der Waals surface area contributed by atoms with Crippen molar-refractivity contribution in [3.05, 3.63) is 109 Å². The predicted molar refractivity (Wildman–Crippen MR) is 263 cm³/mol. The van der Waals surface area contributed by atoms with Crippen LogP contribution in [0, 0.1) is 56.3 Å². The lowest BCUT2D eigenvalue weighted by atomic mass is 9.84. The summed E-state index contributed by atoms with van der Waals surface area (Å²) in [5, 5.41) is 17.1. The summed E-state index contributed by atoms with van der Waals surface area (Å²) in [5.41, 5.74) is 12.9. The maximum Gasteiger partial charge on any atom is 0.305 e. The Morgan fingerprint density at radius 2 is 1.64 bits per heavy atom. The monoisotopic (exact) mass is 873 g/mol. The molecule has 0 amide bonds. The van der Waals surface area contributed by atoms with Gasteiger partial charge in [-0.05, 0) is 118 Å². The summed E-state index contributed by atoms with van der Waals surface area (Å²) < 4.78 is 11.3. The molecule has 5 heterocycles. The van der Waals surface area contributed by atoms with Crippen molar-refractivity contribution >= 4 is 41.6 Å². The number of fused-ring (bicyclic) bond motifs is 7. The zero-order chi connectivity index (χ0) is 46.4. The molecule has 8 bridgehead atoms. The highest BCUT2D eigenvalue weighted by Crippen LogP contribution is 2.49. The number of ketones is 1. The molecule has 9 heteroatoms. The van der Waals surface area contributed by atoms with Crippen LogP contribution in [0.15, 0.2) is 41.8 Å². The van der Waals surface area contributed by atoms with Crippen LogP contribution in [-0.4, -0.2) is 51.8 Å². The third-order valence-electron chi connectivity index (χ3n) is 14.2. The number of esters is 1. The van der Waals surface area contributed by atoms with Crippen LogP contribution in [-0.2, 0) is 20.7 Å². The van der Waals surface area contributed by atoms with Gasteiger partial charge in [-0.2, -0.15) is 0 Å². The molecule has 3 aromatic rings. The molecule has 1 unspecified atom stereocenters. The molecule has 346 valence electrons. The zero-order valence-corrected chi connectivity index (χ0v) is 40.6. The number of Topliss-reactive ketones (excluding diaryl/α,β-unsaturated/α-hetero) is 1. The average molecular weight is 873 g/mol. The number of aliphatic hydroxyl groups is 1. The van der Waals surface area contributed by atoms with E-state index in [0.717, 1.165) is 74.6 Å². The second-order valence-electron chi connectivity index (χ2n) is 19.4. The van der Waals surface area contributed by atoms with Gasteiger partial charge in [-0.15, -0.1) is 0 Å². The molecule has 1 fully saturated rings. The van der Waals surface area contributed by atoms with Gasteiger partial charge in [0.2, 0.25) is 0 Å². The predicted octanol–water partition coefficient (Wildman–Crippen LogP) is 10.6. The molecule has 0 spiro atoms. The number of rotatable bonds is 20. The van der Waals surface area contributed by atoms with Gasteiger partial charge in [0.05, 0.1) is 12.3 Å². The van der Waals surface area contributed by atoms with E-state index in [2.05, 4.69) is 126 Å². The lowest BCUT2D eigenvalue weighted by Crippen LogP contribution is -2.29. The second-order valence-corrected chi connectivity index (χ2v) is 19.4. The lowest BCUT2D eigenvalue weighted by molar-refractivity contribution is -0.143. The molecule has 0 radical (unpaired) electrons. The minimum atomic E-state index is -1.36. The summed E-state index contributed by atoms with van der Waals surface area (Å²) in [7, 11) is 1.42. The minimum Gasteiger partial charge on any atom is -0.465 e. The number of methoxy groups -OCH3 is 1. The van der Waals surface area contributed by atoms with Crippen LogP contribution in [0.2, 0.25) is 0 Å². The number of carbonyl (C=O) groups is 2. The smallest absolute Gasteiger partial charge is 0.305 e. The van der Waals surface area contributed by atoms with Crippen LogP contribution in [0.1, 0.15) is 167 Å². The first-order chi connectivity index (χ1) is 30.6. The highest BCUT2D eigenvalue weighted by Gasteiger charge is 2.48. The topological polar surface area (TPSA) is 132 Å². The normalized spacial score (nSPS) is 22.8. The largest absolute Gasteiger partial charge is 0.465 e. The van der Waals surface area contributed by atoms with Gasteiger partial charge in [-0.3, -0.25) is 9.59 Å². The van der Waals surface area contributed by atoms with E-state index >= 15 is 0 Å². The van der Waals surface area contributed by atoms with Crippen molar-refractivity contribution in [1.29, 1.82) is 0 Å². The van der Waals surface area contributed by atoms with E-state index in [0.29, 0.717) is 48.1 Å². The number of aromatic nitrogens is 3. The Labute approximate surface area is 382 Å². The number of H-pyrrole nitrogens is 3. The quantitative estimate of drug-likeness (QED) is 0.0436. The Bertz CT molecular complexity index is 2450. The van der Waals surface area contributed by atoms with Gasteiger partial charge in [0.25, 0.3) is 0 Å². The molecule has 0 aromatic carbocycles. The van der Waals surface area contributed by atoms with E-state index in [1.54, 1.807) is 0 Å². The van der Waals surface area contributed by atoms with Gasteiger partial charge >= 0.3 is 5.97 Å². The van der Waals surface area contributed by atoms with E-state index in [1.807, 2.05) is 13.0 Å². The first kappa shape index (κ1) is 48.6. The number of hydrogen-bond donors (Lipinski definition) is 5. The van der Waals surface area contributed by atoms with Crippen molar-refractivity contribution in [2.75, 3.05) is 13.7 Å². The zero-order valence-electron chi connectivity index (χ0n) is 40.6. The molecule has 9 nitrogen and oxygen atoms in total. The summed E-state index contributed by atoms with van der Waals surface area (Å²) in [6.07, 6.45) is 23.3. The Balaban J connectivity index is 1.22. The van der Waals surface area contributed by atoms with Gasteiger partial charge in [0.15, 0.2) is 12.1 Å². The third-order valence-corrected chi connectivity index (χ3v) is 14.2. The van der Waals surface area contributed by atoms with Crippen LogP contribution >= 0.6 is 0 Å². The molecule has 6 atom stereocenters. The van der Waals surface area contributed by atoms with Crippen LogP contribution in [0.4, 0.5) is 0 Å². The SMILES string of the molecule is C=Cc1c2[nH]c(c1C)/C=C1\N/C(=C3\c4[nH]c(c(C)c4C(=O)[C@@H]3C(O)OC)/C=c3\[nH]/c(c(C)c3CC)=C\2)[C@@H](CCC(=O)OCC/C(C)=C/CC[C@H](C)CCC[C@H](C)C/C=C\C(C)C)[C@@H]1C. The third kappa shape index (κ3) is 10.6. The minimum absolute atomic E-state index is 0.0578. The highest BCUT2D eigenvalue weighted by atomic mass is 16.6. The fraction of sp³-hybridized carbons (Fsp3) is 0.527. The molecule has 64 heavy (non-hydrogen) atoms. The Hall–Kier alpha value is -4.86. The first-order valence-electron chi connectivity index (χ1n) is 24.0. The number of allylic oxidation sites excluding steroid dienone is 5. The Morgan fingerprint density at radius 1 is 0.922 bits per heavy atom. The van der Waals surface area contributed by atoms with E-state index in [1.165, 1.54) is 55.9 Å². The molecule has 3 aromatic heterocycles. The second kappa shape index (κ2) is 21.4. The van der Waals surface area contributed by atoms with E-state index < -0.39 is 12.2 Å². The highest BCUT2D eigenvalue weighted by molar-refractivity contribution is 6.15. The van der Waals surface area contributed by atoms with Crippen LogP contribution in [0.25, 0.3) is 29.9 Å². The molecule has 6 rings (SSSR count). The molecule has 2 aliphatic heterocycles. The van der Waals surface area contributed by atoms with Gasteiger partial charge < -0.3 is 34.8 Å². The van der Waals surface area contributed by atoms with Gasteiger partial charge in [-0.1, -0.05) is 97.3 Å². The molecule has 5 N–H and O–H groups in total. The first-order valence-corrected chi connectivity index (χ1v) is 24.0. The number of aliphatic hydroxyl groups excluding tert-OH is 1. The van der Waals surface area contributed by atoms with Crippen molar-refractivity contribution in [3.63, 3.8) is 0 Å².